The maximum absolute atomic E-state index is 5.49. The monoisotopic (exact) mass is 233 g/mol. The molecule has 0 unspecified atom stereocenters. The van der Waals surface area contributed by atoms with Gasteiger partial charge in [0.1, 0.15) is 0 Å². The normalized spacial score (nSPS) is 20.1. The van der Waals surface area contributed by atoms with Gasteiger partial charge in [-0.2, -0.15) is 0 Å². The third-order valence-electron chi connectivity index (χ3n) is 3.91. The van der Waals surface area contributed by atoms with Crippen LogP contribution in [0.5, 0.6) is 11.5 Å². The fourth-order valence-corrected chi connectivity index (χ4v) is 2.59. The highest BCUT2D eigenvalue weighted by Crippen LogP contribution is 2.40. The van der Waals surface area contributed by atoms with Crippen molar-refractivity contribution >= 4 is 0 Å². The molecule has 1 aliphatic heterocycles. The molecule has 0 saturated heterocycles. The van der Waals surface area contributed by atoms with Crippen molar-refractivity contribution < 1.29 is 9.47 Å². The molecule has 0 amide bonds. The molecule has 1 heterocycles. The van der Waals surface area contributed by atoms with E-state index in [4.69, 9.17) is 9.47 Å². The van der Waals surface area contributed by atoms with Gasteiger partial charge in [-0.05, 0) is 24.3 Å². The standard InChI is InChI=1S/C14H19NO2/c1-14(6-3-7-14)9-15-8-11-4-2-5-12-13(11)17-10-16-12/h2,4-5,15H,3,6-10H2,1H3. The van der Waals surface area contributed by atoms with Crippen molar-refractivity contribution in [2.75, 3.05) is 13.3 Å². The molecule has 0 bridgehead atoms. The number of rotatable bonds is 4. The summed E-state index contributed by atoms with van der Waals surface area (Å²) in [5, 5.41) is 3.54. The summed E-state index contributed by atoms with van der Waals surface area (Å²) >= 11 is 0. The molecule has 0 radical (unpaired) electrons. The van der Waals surface area contributed by atoms with Gasteiger partial charge >= 0.3 is 0 Å². The SMILES string of the molecule is CC1(CNCc2cccc3c2OCO3)CCC1. The van der Waals surface area contributed by atoms with Crippen LogP contribution in [0.2, 0.25) is 0 Å². The fourth-order valence-electron chi connectivity index (χ4n) is 2.59. The average molecular weight is 233 g/mol. The second-order valence-corrected chi connectivity index (χ2v) is 5.42. The second kappa shape index (κ2) is 4.22. The maximum Gasteiger partial charge on any atom is 0.231 e. The molecule has 0 spiro atoms. The van der Waals surface area contributed by atoms with Crippen molar-refractivity contribution in [3.8, 4) is 11.5 Å². The van der Waals surface area contributed by atoms with Crippen molar-refractivity contribution in [2.24, 2.45) is 5.41 Å². The molecule has 1 fully saturated rings. The first-order chi connectivity index (χ1) is 8.27. The van der Waals surface area contributed by atoms with Crippen molar-refractivity contribution in [1.82, 2.24) is 5.32 Å². The average Bonchev–Trinajstić information content (AvgIpc) is 2.75. The van der Waals surface area contributed by atoms with E-state index in [2.05, 4.69) is 18.3 Å². The summed E-state index contributed by atoms with van der Waals surface area (Å²) in [5.74, 6) is 1.79. The van der Waals surface area contributed by atoms with Gasteiger partial charge in [0.15, 0.2) is 11.5 Å². The molecule has 1 aliphatic carbocycles. The van der Waals surface area contributed by atoms with E-state index in [1.54, 1.807) is 0 Å². The predicted octanol–water partition coefficient (Wildman–Crippen LogP) is 2.70. The Morgan fingerprint density at radius 1 is 1.29 bits per heavy atom. The van der Waals surface area contributed by atoms with Crippen LogP contribution in [-0.2, 0) is 6.54 Å². The summed E-state index contributed by atoms with van der Waals surface area (Å²) in [7, 11) is 0. The molecular formula is C14H19NO2. The molecule has 1 saturated carbocycles. The topological polar surface area (TPSA) is 30.5 Å². The lowest BCUT2D eigenvalue weighted by molar-refractivity contribution is 0.155. The lowest BCUT2D eigenvalue weighted by Gasteiger charge is -2.38. The summed E-state index contributed by atoms with van der Waals surface area (Å²) in [6, 6.07) is 6.08. The molecule has 0 aromatic heterocycles. The zero-order valence-electron chi connectivity index (χ0n) is 10.3. The van der Waals surface area contributed by atoms with E-state index >= 15 is 0 Å². The van der Waals surface area contributed by atoms with Crippen LogP contribution in [-0.4, -0.2) is 13.3 Å². The highest BCUT2D eigenvalue weighted by molar-refractivity contribution is 5.48. The second-order valence-electron chi connectivity index (χ2n) is 5.42. The molecular weight excluding hydrogens is 214 g/mol. The summed E-state index contributed by atoms with van der Waals surface area (Å²) in [5.41, 5.74) is 1.72. The van der Waals surface area contributed by atoms with Crippen LogP contribution in [0.1, 0.15) is 31.7 Å². The van der Waals surface area contributed by atoms with Crippen molar-refractivity contribution in [3.05, 3.63) is 23.8 Å². The Hall–Kier alpha value is -1.22. The van der Waals surface area contributed by atoms with Crippen LogP contribution in [0.4, 0.5) is 0 Å². The Balaban J connectivity index is 1.60. The minimum absolute atomic E-state index is 0.351. The van der Waals surface area contributed by atoms with Crippen LogP contribution >= 0.6 is 0 Å². The first-order valence-electron chi connectivity index (χ1n) is 6.35. The smallest absolute Gasteiger partial charge is 0.231 e. The van der Waals surface area contributed by atoms with Gasteiger partial charge in [0.25, 0.3) is 0 Å². The van der Waals surface area contributed by atoms with Gasteiger partial charge in [-0.25, -0.2) is 0 Å². The number of nitrogens with one attached hydrogen (secondary N) is 1. The largest absolute Gasteiger partial charge is 0.454 e. The Morgan fingerprint density at radius 3 is 2.94 bits per heavy atom. The molecule has 17 heavy (non-hydrogen) atoms. The van der Waals surface area contributed by atoms with E-state index in [1.807, 2.05) is 12.1 Å². The van der Waals surface area contributed by atoms with E-state index in [1.165, 1.54) is 24.8 Å². The van der Waals surface area contributed by atoms with E-state index in [9.17, 15) is 0 Å². The molecule has 92 valence electrons. The van der Waals surface area contributed by atoms with Crippen LogP contribution in [0.15, 0.2) is 18.2 Å². The molecule has 0 atom stereocenters. The zero-order chi connectivity index (χ0) is 11.7. The molecule has 2 aliphatic rings. The van der Waals surface area contributed by atoms with Gasteiger partial charge in [0.05, 0.1) is 0 Å². The first kappa shape index (κ1) is 10.9. The fraction of sp³-hybridized carbons (Fsp3) is 0.571. The van der Waals surface area contributed by atoms with E-state index < -0.39 is 0 Å². The molecule has 3 heteroatoms. The maximum atomic E-state index is 5.49. The summed E-state index contributed by atoms with van der Waals surface area (Å²) in [4.78, 5) is 0. The predicted molar refractivity (Wildman–Crippen MR) is 66.2 cm³/mol. The van der Waals surface area contributed by atoms with E-state index in [0.29, 0.717) is 12.2 Å². The van der Waals surface area contributed by atoms with Crippen molar-refractivity contribution in [3.63, 3.8) is 0 Å². The van der Waals surface area contributed by atoms with Crippen molar-refractivity contribution in [1.29, 1.82) is 0 Å². The Morgan fingerprint density at radius 2 is 2.18 bits per heavy atom. The number of benzene rings is 1. The third kappa shape index (κ3) is 2.12. The van der Waals surface area contributed by atoms with E-state index in [-0.39, 0.29) is 0 Å². The number of ether oxygens (including phenoxy) is 2. The van der Waals surface area contributed by atoms with Crippen LogP contribution in [0.25, 0.3) is 0 Å². The highest BCUT2D eigenvalue weighted by Gasteiger charge is 2.31. The van der Waals surface area contributed by atoms with Gasteiger partial charge < -0.3 is 14.8 Å². The lowest BCUT2D eigenvalue weighted by atomic mass is 9.70. The first-order valence-corrected chi connectivity index (χ1v) is 6.35. The quantitative estimate of drug-likeness (QED) is 0.867. The van der Waals surface area contributed by atoms with Crippen LogP contribution < -0.4 is 14.8 Å². The highest BCUT2D eigenvalue weighted by atomic mass is 16.7. The third-order valence-corrected chi connectivity index (χ3v) is 3.91. The Kier molecular flexibility index (Phi) is 2.71. The Labute approximate surface area is 102 Å². The summed E-state index contributed by atoms with van der Waals surface area (Å²) in [6.07, 6.45) is 4.09. The molecule has 3 nitrogen and oxygen atoms in total. The van der Waals surface area contributed by atoms with Crippen LogP contribution in [0.3, 0.4) is 0 Å². The molecule has 1 aromatic carbocycles. The molecule has 3 rings (SSSR count). The van der Waals surface area contributed by atoms with E-state index in [0.717, 1.165) is 24.6 Å². The summed E-state index contributed by atoms with van der Waals surface area (Å²) < 4.78 is 10.9. The molecule has 1 N–H and O–H groups in total. The van der Waals surface area contributed by atoms with Gasteiger partial charge in [-0.15, -0.1) is 0 Å². The number of fused-ring (bicyclic) bond motifs is 1. The number of para-hydroxylation sites is 1. The number of hydrogen-bond acceptors (Lipinski definition) is 3. The van der Waals surface area contributed by atoms with Gasteiger partial charge in [0, 0.05) is 18.7 Å². The number of hydrogen-bond donors (Lipinski definition) is 1. The van der Waals surface area contributed by atoms with Crippen molar-refractivity contribution in [2.45, 2.75) is 32.7 Å². The minimum atomic E-state index is 0.351. The Bertz CT molecular complexity index is 413. The summed E-state index contributed by atoms with van der Waals surface area (Å²) in [6.45, 7) is 4.67. The van der Waals surface area contributed by atoms with Crippen LogP contribution in [0, 0.1) is 5.41 Å². The molecule has 1 aromatic rings. The minimum Gasteiger partial charge on any atom is -0.454 e. The zero-order valence-corrected chi connectivity index (χ0v) is 10.3. The van der Waals surface area contributed by atoms with Gasteiger partial charge in [0.2, 0.25) is 6.79 Å². The van der Waals surface area contributed by atoms with Gasteiger partial charge in [-0.1, -0.05) is 25.5 Å². The van der Waals surface area contributed by atoms with Gasteiger partial charge in [-0.3, -0.25) is 0 Å². The lowest BCUT2D eigenvalue weighted by Crippen LogP contribution is -2.36.